The Morgan fingerprint density at radius 3 is 1.92 bits per heavy atom. The van der Waals surface area contributed by atoms with Gasteiger partial charge in [0, 0.05) is 0 Å². The molecule has 0 amide bonds. The highest BCUT2D eigenvalue weighted by Gasteiger charge is 2.58. The summed E-state index contributed by atoms with van der Waals surface area (Å²) in [6, 6.07) is 17.0. The molecule has 4 atom stereocenters. The fraction of sp³-hybridized carbons (Fsp3) is 0.553. The second-order valence-corrected chi connectivity index (χ2v) is 15.6. The molecule has 12 heteroatoms. The number of benzene rings is 3. The van der Waals surface area contributed by atoms with Crippen LogP contribution in [-0.2, 0) is 23.9 Å². The summed E-state index contributed by atoms with van der Waals surface area (Å²) in [7, 11) is 0. The molecule has 2 aliphatic carbocycles. The number of ether oxygens (including phenoxy) is 3. The lowest BCUT2D eigenvalue weighted by atomic mass is 9.66. The van der Waals surface area contributed by atoms with Crippen molar-refractivity contribution in [1.29, 1.82) is 0 Å². The molecule has 0 aliphatic heterocycles. The molecule has 3 aromatic carbocycles. The zero-order valence-electron chi connectivity index (χ0n) is 28.7. The van der Waals surface area contributed by atoms with Crippen LogP contribution in [0.25, 0.3) is 21.5 Å². The number of fused-ring (bicyclic) bond motifs is 5. The average molecular weight is 709 g/mol. The van der Waals surface area contributed by atoms with E-state index in [1.54, 1.807) is 26.0 Å². The fourth-order valence-electron chi connectivity index (χ4n) is 7.94. The molecule has 5 rings (SSSR count). The lowest BCUT2D eigenvalue weighted by Gasteiger charge is -2.39. The van der Waals surface area contributed by atoms with E-state index in [0.29, 0.717) is 12.3 Å². The first-order valence-electron chi connectivity index (χ1n) is 16.7. The van der Waals surface area contributed by atoms with Gasteiger partial charge in [-0.3, -0.25) is 14.4 Å². The third kappa shape index (κ3) is 8.04. The van der Waals surface area contributed by atoms with Crippen molar-refractivity contribution in [2.45, 2.75) is 91.6 Å². The van der Waals surface area contributed by atoms with Gasteiger partial charge in [-0.2, -0.15) is 26.3 Å². The van der Waals surface area contributed by atoms with E-state index in [0.717, 1.165) is 40.8 Å². The number of carbonyl (C=O) groups excluding carboxylic acids is 3. The maximum atomic E-state index is 14.0. The SMILES string of the molecule is CC(C)(CC(C)(CC(C)(C)C(=O)Oc1ccc2c(ccc3ccccc32)c1)C(=O)OC1CC2CCC1C2)C(=O)OCC(C(F)(F)F)C(F)(F)F. The largest absolute Gasteiger partial charge is 0.464 e. The van der Waals surface area contributed by atoms with E-state index in [4.69, 9.17) is 9.47 Å². The molecule has 0 radical (unpaired) electrons. The normalized spacial score (nSPS) is 21.0. The summed E-state index contributed by atoms with van der Waals surface area (Å²) in [6.45, 7) is 5.21. The summed E-state index contributed by atoms with van der Waals surface area (Å²) in [4.78, 5) is 40.8. The first kappa shape index (κ1) is 37.4. The third-order valence-corrected chi connectivity index (χ3v) is 10.3. The molecule has 3 aromatic rings. The lowest BCUT2D eigenvalue weighted by molar-refractivity contribution is -0.293. The van der Waals surface area contributed by atoms with Crippen molar-refractivity contribution in [3.05, 3.63) is 54.6 Å². The highest BCUT2D eigenvalue weighted by atomic mass is 19.4. The van der Waals surface area contributed by atoms with Crippen LogP contribution in [0.3, 0.4) is 0 Å². The second kappa shape index (κ2) is 13.4. The molecular formula is C38H42F6O6. The minimum atomic E-state index is -5.69. The average Bonchev–Trinajstić information content (AvgIpc) is 3.62. The van der Waals surface area contributed by atoms with Crippen LogP contribution in [0.5, 0.6) is 5.75 Å². The number of halogens is 6. The van der Waals surface area contributed by atoms with Gasteiger partial charge in [0.2, 0.25) is 0 Å². The van der Waals surface area contributed by atoms with Crippen LogP contribution in [0.4, 0.5) is 26.3 Å². The van der Waals surface area contributed by atoms with Crippen molar-refractivity contribution in [2.24, 2.45) is 34.0 Å². The molecule has 2 saturated carbocycles. The Balaban J connectivity index is 1.36. The number of carbonyl (C=O) groups is 3. The summed E-state index contributed by atoms with van der Waals surface area (Å²) in [5.74, 6) is -5.74. The number of rotatable bonds is 11. The second-order valence-electron chi connectivity index (χ2n) is 15.6. The number of esters is 3. The van der Waals surface area contributed by atoms with Gasteiger partial charge in [0.25, 0.3) is 0 Å². The topological polar surface area (TPSA) is 78.9 Å². The van der Waals surface area contributed by atoms with Gasteiger partial charge in [-0.05, 0) is 119 Å². The van der Waals surface area contributed by atoms with Crippen LogP contribution in [0.15, 0.2) is 54.6 Å². The molecule has 0 spiro atoms. The van der Waals surface area contributed by atoms with E-state index in [-0.39, 0.29) is 30.6 Å². The summed E-state index contributed by atoms with van der Waals surface area (Å²) in [5.41, 5.74) is -4.70. The number of alkyl halides is 6. The third-order valence-electron chi connectivity index (χ3n) is 10.3. The van der Waals surface area contributed by atoms with E-state index in [2.05, 4.69) is 4.74 Å². The van der Waals surface area contributed by atoms with E-state index in [9.17, 15) is 40.7 Å². The first-order chi connectivity index (χ1) is 23.1. The molecule has 4 unspecified atom stereocenters. The van der Waals surface area contributed by atoms with Crippen molar-refractivity contribution >= 4 is 39.5 Å². The molecule has 2 bridgehead atoms. The Labute approximate surface area is 286 Å². The predicted octanol–water partition coefficient (Wildman–Crippen LogP) is 9.75. The Kier molecular flexibility index (Phi) is 10.0. The van der Waals surface area contributed by atoms with Crippen LogP contribution >= 0.6 is 0 Å². The standard InChI is InChI=1S/C38H42F6O6/c1-34(2,31(45)48-19-30(37(39,40)41)38(42,43)44)20-36(5,33(47)50-29-17-22-10-11-25(29)16-22)21-35(3,4)32(46)49-26-14-15-28-24(18-26)13-12-23-8-6-7-9-27(23)28/h6-9,12-15,18,22,25,29-30H,10-11,16-17,19-21H2,1-5H3. The molecule has 0 aromatic heterocycles. The number of hydrogen-bond acceptors (Lipinski definition) is 6. The molecule has 0 heterocycles. The van der Waals surface area contributed by atoms with Crippen LogP contribution in [0.1, 0.15) is 73.1 Å². The Hall–Kier alpha value is -3.83. The van der Waals surface area contributed by atoms with E-state index >= 15 is 0 Å². The van der Waals surface area contributed by atoms with E-state index in [1.165, 1.54) is 20.8 Å². The zero-order valence-corrected chi connectivity index (χ0v) is 28.7. The zero-order chi connectivity index (χ0) is 36.9. The van der Waals surface area contributed by atoms with Crippen molar-refractivity contribution < 1.29 is 54.9 Å². The maximum absolute atomic E-state index is 14.0. The Morgan fingerprint density at radius 2 is 1.32 bits per heavy atom. The van der Waals surface area contributed by atoms with Crippen molar-refractivity contribution in [3.63, 3.8) is 0 Å². The molecule has 0 saturated heterocycles. The molecule has 0 N–H and O–H groups in total. The van der Waals surface area contributed by atoms with E-state index < -0.39 is 59.0 Å². The van der Waals surface area contributed by atoms with Crippen molar-refractivity contribution in [2.75, 3.05) is 6.61 Å². The summed E-state index contributed by atoms with van der Waals surface area (Å²) < 4.78 is 95.3. The molecule has 50 heavy (non-hydrogen) atoms. The van der Waals surface area contributed by atoms with Crippen LogP contribution < -0.4 is 4.74 Å². The van der Waals surface area contributed by atoms with Crippen LogP contribution in [0.2, 0.25) is 0 Å². The van der Waals surface area contributed by atoms with Crippen LogP contribution in [0, 0.1) is 34.0 Å². The highest BCUT2D eigenvalue weighted by Crippen LogP contribution is 2.49. The Bertz CT molecular complexity index is 1750. The maximum Gasteiger partial charge on any atom is 0.403 e. The van der Waals surface area contributed by atoms with Crippen molar-refractivity contribution in [1.82, 2.24) is 0 Å². The fourth-order valence-corrected chi connectivity index (χ4v) is 7.94. The van der Waals surface area contributed by atoms with Gasteiger partial charge in [0.15, 0.2) is 5.92 Å². The molecule has 6 nitrogen and oxygen atoms in total. The van der Waals surface area contributed by atoms with Gasteiger partial charge in [0.05, 0.1) is 16.2 Å². The van der Waals surface area contributed by atoms with E-state index in [1.807, 2.05) is 42.5 Å². The minimum absolute atomic E-state index is 0.177. The summed E-state index contributed by atoms with van der Waals surface area (Å²) >= 11 is 0. The van der Waals surface area contributed by atoms with Gasteiger partial charge in [-0.1, -0.05) is 42.5 Å². The predicted molar refractivity (Wildman–Crippen MR) is 174 cm³/mol. The van der Waals surface area contributed by atoms with Gasteiger partial charge in [-0.25, -0.2) is 0 Å². The first-order valence-corrected chi connectivity index (χ1v) is 16.7. The summed E-state index contributed by atoms with van der Waals surface area (Å²) in [5, 5.41) is 3.88. The van der Waals surface area contributed by atoms with Gasteiger partial charge >= 0.3 is 30.3 Å². The van der Waals surface area contributed by atoms with Gasteiger partial charge in [0.1, 0.15) is 18.5 Å². The van der Waals surface area contributed by atoms with Gasteiger partial charge < -0.3 is 14.2 Å². The molecule has 2 aliphatic rings. The monoisotopic (exact) mass is 708 g/mol. The smallest absolute Gasteiger partial charge is 0.403 e. The van der Waals surface area contributed by atoms with Crippen LogP contribution in [-0.4, -0.2) is 43.0 Å². The molecule has 2 fully saturated rings. The lowest BCUT2D eigenvalue weighted by Crippen LogP contribution is -2.46. The highest BCUT2D eigenvalue weighted by molar-refractivity contribution is 6.07. The summed E-state index contributed by atoms with van der Waals surface area (Å²) in [6.07, 6.45) is -8.80. The molecule has 272 valence electrons. The molecular weight excluding hydrogens is 666 g/mol. The Morgan fingerprint density at radius 1 is 0.720 bits per heavy atom. The van der Waals surface area contributed by atoms with Gasteiger partial charge in [-0.15, -0.1) is 0 Å². The minimum Gasteiger partial charge on any atom is -0.464 e. The number of hydrogen-bond donors (Lipinski definition) is 0. The quantitative estimate of drug-likeness (QED) is 0.0855. The van der Waals surface area contributed by atoms with Crippen molar-refractivity contribution in [3.8, 4) is 5.75 Å².